The maximum absolute atomic E-state index is 13.3. The maximum atomic E-state index is 13.3. The molecule has 239 valence electrons. The van der Waals surface area contributed by atoms with E-state index in [1.807, 2.05) is 86.2 Å². The Labute approximate surface area is 272 Å². The van der Waals surface area contributed by atoms with Crippen molar-refractivity contribution < 1.29 is 19.5 Å². The van der Waals surface area contributed by atoms with Crippen molar-refractivity contribution in [1.82, 2.24) is 5.06 Å². The van der Waals surface area contributed by atoms with E-state index in [0.29, 0.717) is 18.6 Å². The first-order chi connectivity index (χ1) is 21.7. The predicted molar refractivity (Wildman–Crippen MR) is 185 cm³/mol. The first kappa shape index (κ1) is 31.6. The number of nitrogens with zero attached hydrogens (tertiary/aromatic N) is 3. The Morgan fingerprint density at radius 2 is 1.41 bits per heavy atom. The van der Waals surface area contributed by atoms with Crippen LogP contribution in [0, 0.1) is 5.92 Å². The van der Waals surface area contributed by atoms with Crippen molar-refractivity contribution >= 4 is 34.2 Å². The molecule has 7 nitrogen and oxygen atoms in total. The van der Waals surface area contributed by atoms with Crippen LogP contribution in [0.15, 0.2) is 84.9 Å². The lowest BCUT2D eigenvalue weighted by molar-refractivity contribution is -0.299. The number of fused-ring (bicyclic) bond motifs is 3. The number of ether oxygens (including phenoxy) is 2. The molecule has 2 aliphatic heterocycles. The van der Waals surface area contributed by atoms with Crippen molar-refractivity contribution in [2.45, 2.75) is 57.2 Å². The molecule has 0 aliphatic carbocycles. The molecule has 7 heteroatoms. The Hall–Kier alpha value is -4.33. The molecule has 2 aliphatic rings. The quantitative estimate of drug-likeness (QED) is 0.162. The second-order valence-electron chi connectivity index (χ2n) is 14.2. The fourth-order valence-electron chi connectivity index (χ4n) is 7.00. The molecule has 1 saturated heterocycles. The van der Waals surface area contributed by atoms with Gasteiger partial charge in [0.05, 0.1) is 11.5 Å². The number of anilines is 2. The summed E-state index contributed by atoms with van der Waals surface area (Å²) in [6.07, 6.45) is 5.52. The Kier molecular flexibility index (Phi) is 7.90. The Balaban J connectivity index is 1.33. The van der Waals surface area contributed by atoms with Crippen molar-refractivity contribution in [3.8, 4) is 11.5 Å². The number of carbonyl (C=O) groups is 1. The summed E-state index contributed by atoms with van der Waals surface area (Å²) >= 11 is 0. The Morgan fingerprint density at radius 1 is 0.826 bits per heavy atom. The van der Waals surface area contributed by atoms with Crippen LogP contribution in [0.3, 0.4) is 0 Å². The van der Waals surface area contributed by atoms with E-state index in [1.54, 1.807) is 0 Å². The highest BCUT2D eigenvalue weighted by molar-refractivity contribution is 5.95. The van der Waals surface area contributed by atoms with Gasteiger partial charge in [0.15, 0.2) is 5.60 Å². The summed E-state index contributed by atoms with van der Waals surface area (Å²) < 4.78 is 12.9. The molecule has 4 aromatic carbocycles. The van der Waals surface area contributed by atoms with Crippen molar-refractivity contribution in [2.75, 3.05) is 38.0 Å². The molecule has 46 heavy (non-hydrogen) atoms. The highest BCUT2D eigenvalue weighted by atomic mass is 16.5. The lowest BCUT2D eigenvalue weighted by Crippen LogP contribution is -2.62. The molecule has 1 atom stereocenters. The third-order valence-electron chi connectivity index (χ3n) is 9.85. The number of hydrogen-bond donors (Lipinski definition) is 0. The monoisotopic (exact) mass is 618 g/mol. The van der Waals surface area contributed by atoms with Gasteiger partial charge in [-0.3, -0.25) is 4.79 Å². The molecule has 6 rings (SSSR count). The number of hydrogen-bond acceptors (Lipinski definition) is 6. The fourth-order valence-corrected chi connectivity index (χ4v) is 7.00. The van der Waals surface area contributed by atoms with Crippen LogP contribution in [0.4, 0.5) is 11.4 Å². The number of hydroxylamine groups is 2. The predicted octanol–water partition coefficient (Wildman–Crippen LogP) is 7.84. The van der Waals surface area contributed by atoms with E-state index in [9.17, 15) is 10.0 Å². The van der Waals surface area contributed by atoms with Crippen LogP contribution in [0.25, 0.3) is 16.8 Å². The van der Waals surface area contributed by atoms with E-state index in [-0.39, 0.29) is 5.97 Å². The average Bonchev–Trinajstić information content (AvgIpc) is 3.03. The second-order valence-corrected chi connectivity index (χ2v) is 14.2. The molecule has 2 heterocycles. The smallest absolute Gasteiger partial charge is 0.316 e. The third kappa shape index (κ3) is 5.41. The minimum atomic E-state index is -0.858. The van der Waals surface area contributed by atoms with Crippen molar-refractivity contribution in [1.29, 1.82) is 0 Å². The zero-order valence-corrected chi connectivity index (χ0v) is 28.1. The minimum absolute atomic E-state index is 0.368. The van der Waals surface area contributed by atoms with E-state index < -0.39 is 22.6 Å². The highest BCUT2D eigenvalue weighted by Gasteiger charge is 2.51. The number of rotatable bonds is 6. The van der Waals surface area contributed by atoms with Gasteiger partial charge in [0.1, 0.15) is 11.5 Å². The summed E-state index contributed by atoms with van der Waals surface area (Å²) in [4.78, 5) is 17.5. The SMILES string of the molecule is CN(C)c1ccc(C2(c3ccc(N(C)C)cc3)C=Cc3c(ccc4cc(OC(=O)C5CCC(C)(C)N([O])C5(C)C)ccc34)O2)cc1. The molecular weight excluding hydrogens is 574 g/mol. The highest BCUT2D eigenvalue weighted by Crippen LogP contribution is 2.46. The van der Waals surface area contributed by atoms with Gasteiger partial charge in [-0.05, 0) is 112 Å². The number of carbonyl (C=O) groups excluding carboxylic acids is 1. The van der Waals surface area contributed by atoms with Crippen LogP contribution in [0.1, 0.15) is 57.2 Å². The topological polar surface area (TPSA) is 65.2 Å². The molecule has 0 bridgehead atoms. The van der Waals surface area contributed by atoms with Crippen LogP contribution >= 0.6 is 0 Å². The van der Waals surface area contributed by atoms with E-state index >= 15 is 0 Å². The molecular formula is C39H44N3O4. The molecule has 0 spiro atoms. The van der Waals surface area contributed by atoms with Crippen molar-refractivity contribution in [3.05, 3.63) is 102 Å². The number of benzene rings is 4. The van der Waals surface area contributed by atoms with Gasteiger partial charge in [-0.15, -0.1) is 10.3 Å². The first-order valence-electron chi connectivity index (χ1n) is 15.9. The molecule has 1 fully saturated rings. The van der Waals surface area contributed by atoms with Gasteiger partial charge >= 0.3 is 5.97 Å². The molecule has 1 unspecified atom stereocenters. The summed E-state index contributed by atoms with van der Waals surface area (Å²) in [6.45, 7) is 7.52. The summed E-state index contributed by atoms with van der Waals surface area (Å²) in [5.74, 6) is 0.357. The molecule has 0 saturated carbocycles. The normalized spacial score (nSPS) is 19.6. The van der Waals surface area contributed by atoms with Crippen LogP contribution in [0.2, 0.25) is 0 Å². The maximum Gasteiger partial charge on any atom is 0.316 e. The van der Waals surface area contributed by atoms with Gasteiger partial charge < -0.3 is 19.3 Å². The van der Waals surface area contributed by atoms with E-state index in [2.05, 4.69) is 70.5 Å². The van der Waals surface area contributed by atoms with Gasteiger partial charge in [0, 0.05) is 61.8 Å². The van der Waals surface area contributed by atoms with Gasteiger partial charge in [0.2, 0.25) is 0 Å². The Bertz CT molecular complexity index is 1740. The van der Waals surface area contributed by atoms with Crippen LogP contribution in [-0.4, -0.2) is 50.3 Å². The third-order valence-corrected chi connectivity index (χ3v) is 9.85. The van der Waals surface area contributed by atoms with Gasteiger partial charge in [0.25, 0.3) is 0 Å². The summed E-state index contributed by atoms with van der Waals surface area (Å²) in [5, 5.41) is 16.0. The zero-order chi connectivity index (χ0) is 33.0. The Morgan fingerprint density at radius 3 is 1.98 bits per heavy atom. The molecule has 1 radical (unpaired) electrons. The van der Waals surface area contributed by atoms with Crippen molar-refractivity contribution in [2.24, 2.45) is 5.92 Å². The number of esters is 1. The van der Waals surface area contributed by atoms with E-state index in [0.717, 1.165) is 49.7 Å². The molecule has 0 aromatic heterocycles. The lowest BCUT2D eigenvalue weighted by atomic mass is 9.74. The first-order valence-corrected chi connectivity index (χ1v) is 15.9. The molecule has 4 aromatic rings. The summed E-state index contributed by atoms with van der Waals surface area (Å²) in [6, 6.07) is 26.7. The molecule has 0 amide bonds. The summed E-state index contributed by atoms with van der Waals surface area (Å²) in [7, 11) is 8.14. The van der Waals surface area contributed by atoms with Crippen LogP contribution in [0.5, 0.6) is 11.5 Å². The standard InChI is InChI=1S/C39H44N3O4/c1-37(2)23-22-34(38(3,4)42(37)44)36(43)45-31-18-19-32-26(25-31)9-20-35-33(32)21-24-39(46-35,27-10-14-29(15-11-27)40(5)6)28-12-16-30(17-13-28)41(7)8/h9-21,24-25,34H,22-23H2,1-8H3. The fraction of sp³-hybridized carbons (Fsp3) is 0.359. The van der Waals surface area contributed by atoms with Gasteiger partial charge in [-0.2, -0.15) is 0 Å². The zero-order valence-electron chi connectivity index (χ0n) is 28.1. The van der Waals surface area contributed by atoms with Gasteiger partial charge in [-0.25, -0.2) is 0 Å². The lowest BCUT2D eigenvalue weighted by Gasteiger charge is -2.50. The van der Waals surface area contributed by atoms with E-state index in [4.69, 9.17) is 9.47 Å². The van der Waals surface area contributed by atoms with E-state index in [1.165, 1.54) is 0 Å². The molecule has 0 N–H and O–H groups in total. The minimum Gasteiger partial charge on any atom is -0.473 e. The number of piperidine rings is 1. The second kappa shape index (κ2) is 11.5. The average molecular weight is 619 g/mol. The van der Waals surface area contributed by atoms with Gasteiger partial charge in [-0.1, -0.05) is 30.3 Å². The largest absolute Gasteiger partial charge is 0.473 e. The van der Waals surface area contributed by atoms with Crippen LogP contribution < -0.4 is 19.3 Å². The summed E-state index contributed by atoms with van der Waals surface area (Å²) in [5.41, 5.74) is 3.08. The van der Waals surface area contributed by atoms with Crippen LogP contribution in [-0.2, 0) is 15.6 Å². The van der Waals surface area contributed by atoms with Crippen molar-refractivity contribution in [3.63, 3.8) is 0 Å².